The number of piperidine rings is 1. The van der Waals surface area contributed by atoms with E-state index in [-0.39, 0.29) is 0 Å². The number of benzene rings is 1. The van der Waals surface area contributed by atoms with Crippen LogP contribution in [-0.2, 0) is 0 Å². The van der Waals surface area contributed by atoms with E-state index in [2.05, 4.69) is 45.4 Å². The first-order valence-electron chi connectivity index (χ1n) is 11.4. The van der Waals surface area contributed by atoms with Gasteiger partial charge in [-0.05, 0) is 68.1 Å². The predicted molar refractivity (Wildman–Crippen MR) is 125 cm³/mol. The minimum Gasteiger partial charge on any atom is -0.497 e. The lowest BCUT2D eigenvalue weighted by Crippen LogP contribution is -2.37. The molecule has 0 saturated carbocycles. The van der Waals surface area contributed by atoms with Gasteiger partial charge in [-0.15, -0.1) is 0 Å². The number of ether oxygens (including phenoxy) is 1. The molecular formula is C25H29N5O. The van der Waals surface area contributed by atoms with E-state index in [1.54, 1.807) is 7.11 Å². The maximum absolute atomic E-state index is 5.49. The zero-order valence-electron chi connectivity index (χ0n) is 18.1. The molecule has 3 saturated heterocycles. The van der Waals surface area contributed by atoms with E-state index in [1.807, 2.05) is 12.3 Å². The SMILES string of the molecule is COc1ccc2c(N3CC4CCNCC4C3)cc(-c3ccc(N4CCC4)nc3)nc2c1. The molecule has 1 N–H and O–H groups in total. The number of nitrogens with zero attached hydrogens (tertiary/aromatic N) is 4. The van der Waals surface area contributed by atoms with Gasteiger partial charge in [0.2, 0.25) is 0 Å². The fourth-order valence-corrected chi connectivity index (χ4v) is 5.26. The highest BCUT2D eigenvalue weighted by Gasteiger charge is 2.35. The lowest BCUT2D eigenvalue weighted by molar-refractivity contribution is 0.318. The molecule has 2 unspecified atom stereocenters. The second-order valence-electron chi connectivity index (χ2n) is 9.07. The van der Waals surface area contributed by atoms with Crippen LogP contribution in [0.5, 0.6) is 5.75 Å². The quantitative estimate of drug-likeness (QED) is 0.703. The number of hydrogen-bond donors (Lipinski definition) is 1. The van der Waals surface area contributed by atoms with E-state index in [9.17, 15) is 0 Å². The highest BCUT2D eigenvalue weighted by atomic mass is 16.5. The van der Waals surface area contributed by atoms with Crippen molar-refractivity contribution in [2.75, 3.05) is 56.2 Å². The molecular weight excluding hydrogens is 386 g/mol. The average Bonchev–Trinajstić information content (AvgIpc) is 3.21. The Balaban J connectivity index is 1.41. The number of nitrogens with one attached hydrogen (secondary N) is 1. The normalized spacial score (nSPS) is 23.0. The van der Waals surface area contributed by atoms with Gasteiger partial charge in [0.15, 0.2) is 0 Å². The van der Waals surface area contributed by atoms with Gasteiger partial charge in [0.25, 0.3) is 0 Å². The van der Waals surface area contributed by atoms with Crippen molar-refractivity contribution in [3.8, 4) is 17.0 Å². The number of hydrogen-bond acceptors (Lipinski definition) is 6. The minimum absolute atomic E-state index is 0.733. The summed E-state index contributed by atoms with van der Waals surface area (Å²) >= 11 is 0. The summed E-state index contributed by atoms with van der Waals surface area (Å²) in [5.41, 5.74) is 4.30. The molecule has 6 rings (SSSR count). The van der Waals surface area contributed by atoms with Crippen LogP contribution in [0.25, 0.3) is 22.2 Å². The molecule has 3 aliphatic heterocycles. The largest absolute Gasteiger partial charge is 0.497 e. The van der Waals surface area contributed by atoms with Crippen molar-refractivity contribution in [3.63, 3.8) is 0 Å². The summed E-state index contributed by atoms with van der Waals surface area (Å²) in [6.07, 6.45) is 4.50. The summed E-state index contributed by atoms with van der Waals surface area (Å²) in [5, 5.41) is 4.77. The molecule has 3 aliphatic rings. The molecule has 6 nitrogen and oxygen atoms in total. The van der Waals surface area contributed by atoms with Crippen LogP contribution >= 0.6 is 0 Å². The smallest absolute Gasteiger partial charge is 0.128 e. The fourth-order valence-electron chi connectivity index (χ4n) is 5.26. The first-order valence-corrected chi connectivity index (χ1v) is 11.4. The summed E-state index contributed by atoms with van der Waals surface area (Å²) in [5.74, 6) is 3.42. The van der Waals surface area contributed by atoms with Gasteiger partial charge in [0.05, 0.1) is 18.3 Å². The molecule has 0 amide bonds. The lowest BCUT2D eigenvalue weighted by Gasteiger charge is -2.31. The molecule has 3 aromatic rings. The van der Waals surface area contributed by atoms with E-state index >= 15 is 0 Å². The van der Waals surface area contributed by atoms with E-state index in [0.717, 1.165) is 79.4 Å². The van der Waals surface area contributed by atoms with Crippen LogP contribution in [0.1, 0.15) is 12.8 Å². The first-order chi connectivity index (χ1) is 15.3. The maximum atomic E-state index is 5.49. The molecule has 6 heteroatoms. The molecule has 5 heterocycles. The highest BCUT2D eigenvalue weighted by molar-refractivity contribution is 5.95. The van der Waals surface area contributed by atoms with Crippen molar-refractivity contribution in [3.05, 3.63) is 42.6 Å². The number of fused-ring (bicyclic) bond motifs is 2. The monoisotopic (exact) mass is 415 g/mol. The first kappa shape index (κ1) is 18.9. The van der Waals surface area contributed by atoms with E-state index < -0.39 is 0 Å². The summed E-state index contributed by atoms with van der Waals surface area (Å²) < 4.78 is 5.49. The van der Waals surface area contributed by atoms with Gasteiger partial charge in [0, 0.05) is 55.1 Å². The lowest BCUT2D eigenvalue weighted by atomic mass is 9.90. The molecule has 31 heavy (non-hydrogen) atoms. The zero-order chi connectivity index (χ0) is 20.8. The van der Waals surface area contributed by atoms with E-state index in [4.69, 9.17) is 14.7 Å². The number of methoxy groups -OCH3 is 1. The van der Waals surface area contributed by atoms with Crippen LogP contribution in [0, 0.1) is 11.8 Å². The summed E-state index contributed by atoms with van der Waals surface area (Å²) in [6, 6.07) is 12.8. The van der Waals surface area contributed by atoms with Gasteiger partial charge in [0.1, 0.15) is 11.6 Å². The number of rotatable bonds is 4. The standard InChI is InChI=1S/C25H29N5O/c1-31-20-4-5-21-23(11-20)28-22(17-3-6-25(27-14-17)29-9-2-10-29)12-24(21)30-15-18-7-8-26-13-19(18)16-30/h3-6,11-12,14,18-19,26H,2,7-10,13,15-16H2,1H3. The van der Waals surface area contributed by atoms with Gasteiger partial charge in [-0.1, -0.05) is 0 Å². The second kappa shape index (κ2) is 7.68. The zero-order valence-corrected chi connectivity index (χ0v) is 18.1. The molecule has 2 aromatic heterocycles. The van der Waals surface area contributed by atoms with Gasteiger partial charge in [-0.2, -0.15) is 0 Å². The average molecular weight is 416 g/mol. The van der Waals surface area contributed by atoms with Crippen molar-refractivity contribution >= 4 is 22.4 Å². The van der Waals surface area contributed by atoms with Crippen molar-refractivity contribution in [2.45, 2.75) is 12.8 Å². The second-order valence-corrected chi connectivity index (χ2v) is 9.07. The number of aromatic nitrogens is 2. The molecule has 0 spiro atoms. The maximum Gasteiger partial charge on any atom is 0.128 e. The van der Waals surface area contributed by atoms with E-state index in [1.165, 1.54) is 23.9 Å². The Bertz CT molecular complexity index is 1080. The predicted octanol–water partition coefficient (Wildman–Crippen LogP) is 3.56. The highest BCUT2D eigenvalue weighted by Crippen LogP contribution is 2.38. The van der Waals surface area contributed by atoms with Gasteiger partial charge >= 0.3 is 0 Å². The Hall–Kier alpha value is -2.86. The van der Waals surface area contributed by atoms with Crippen molar-refractivity contribution in [1.29, 1.82) is 0 Å². The van der Waals surface area contributed by atoms with Crippen LogP contribution in [-0.4, -0.2) is 56.3 Å². The molecule has 160 valence electrons. The van der Waals surface area contributed by atoms with Crippen LogP contribution in [0.15, 0.2) is 42.6 Å². The van der Waals surface area contributed by atoms with E-state index in [0.29, 0.717) is 0 Å². The van der Waals surface area contributed by atoms with Crippen LogP contribution in [0.2, 0.25) is 0 Å². The third-order valence-electron chi connectivity index (χ3n) is 7.23. The minimum atomic E-state index is 0.733. The summed E-state index contributed by atoms with van der Waals surface area (Å²) in [4.78, 5) is 14.6. The molecule has 1 aromatic carbocycles. The Morgan fingerprint density at radius 3 is 2.68 bits per heavy atom. The Labute approximate surface area is 183 Å². The van der Waals surface area contributed by atoms with Crippen LogP contribution < -0.4 is 19.9 Å². The fraction of sp³-hybridized carbons (Fsp3) is 0.440. The molecule has 2 atom stereocenters. The van der Waals surface area contributed by atoms with Crippen molar-refractivity contribution in [1.82, 2.24) is 15.3 Å². The van der Waals surface area contributed by atoms with Gasteiger partial charge in [-0.25, -0.2) is 9.97 Å². The molecule has 3 fully saturated rings. The van der Waals surface area contributed by atoms with Gasteiger partial charge in [-0.3, -0.25) is 0 Å². The van der Waals surface area contributed by atoms with Crippen molar-refractivity contribution < 1.29 is 4.74 Å². The van der Waals surface area contributed by atoms with Crippen LogP contribution in [0.4, 0.5) is 11.5 Å². The molecule has 0 aliphatic carbocycles. The molecule has 0 bridgehead atoms. The Morgan fingerprint density at radius 2 is 1.94 bits per heavy atom. The molecule has 0 radical (unpaired) electrons. The number of anilines is 2. The van der Waals surface area contributed by atoms with Crippen molar-refractivity contribution in [2.24, 2.45) is 11.8 Å². The Morgan fingerprint density at radius 1 is 1.03 bits per heavy atom. The van der Waals surface area contributed by atoms with Gasteiger partial charge < -0.3 is 19.9 Å². The topological polar surface area (TPSA) is 53.5 Å². The summed E-state index contributed by atoms with van der Waals surface area (Å²) in [6.45, 7) is 6.72. The third-order valence-corrected chi connectivity index (χ3v) is 7.23. The number of pyridine rings is 2. The third kappa shape index (κ3) is 3.39. The summed E-state index contributed by atoms with van der Waals surface area (Å²) in [7, 11) is 1.71. The van der Waals surface area contributed by atoms with Crippen LogP contribution in [0.3, 0.4) is 0 Å². The Kier molecular flexibility index (Phi) is 4.68.